The van der Waals surface area contributed by atoms with Gasteiger partial charge < -0.3 is 15.4 Å². The lowest BCUT2D eigenvalue weighted by Gasteiger charge is -2.13. The summed E-state index contributed by atoms with van der Waals surface area (Å²) < 4.78 is 0. The first kappa shape index (κ1) is 14.1. The van der Waals surface area contributed by atoms with Crippen LogP contribution in [0.15, 0.2) is 30.5 Å². The number of para-hydroxylation sites is 1. The van der Waals surface area contributed by atoms with E-state index in [9.17, 15) is 9.59 Å². The van der Waals surface area contributed by atoms with Crippen molar-refractivity contribution >= 4 is 22.8 Å². The van der Waals surface area contributed by atoms with Crippen LogP contribution in [0, 0.1) is 0 Å². The van der Waals surface area contributed by atoms with E-state index >= 15 is 0 Å². The first-order valence-corrected chi connectivity index (χ1v) is 6.73. The molecule has 20 heavy (non-hydrogen) atoms. The number of unbranched alkanes of at least 4 members (excludes halogenated alkanes) is 1. The second kappa shape index (κ2) is 6.23. The predicted molar refractivity (Wildman–Crippen MR) is 76.7 cm³/mol. The van der Waals surface area contributed by atoms with Crippen LogP contribution in [0.4, 0.5) is 0 Å². The van der Waals surface area contributed by atoms with Gasteiger partial charge in [0.2, 0.25) is 0 Å². The number of aromatic nitrogens is 1. The Morgan fingerprint density at radius 1 is 1.35 bits per heavy atom. The van der Waals surface area contributed by atoms with E-state index in [0.717, 1.165) is 23.7 Å². The third kappa shape index (κ3) is 2.99. The van der Waals surface area contributed by atoms with Crippen molar-refractivity contribution in [3.63, 3.8) is 0 Å². The van der Waals surface area contributed by atoms with Gasteiger partial charge in [0.05, 0.1) is 5.56 Å². The Morgan fingerprint density at radius 2 is 2.10 bits per heavy atom. The monoisotopic (exact) mass is 274 g/mol. The summed E-state index contributed by atoms with van der Waals surface area (Å²) in [5, 5.41) is 12.5. The van der Waals surface area contributed by atoms with Gasteiger partial charge in [0, 0.05) is 17.1 Å². The fraction of sp³-hybridized carbons (Fsp3) is 0.333. The SMILES string of the molecule is CCCC[C@H](NC(=O)c1c[nH]c2ccccc12)C(=O)O. The number of benzene rings is 1. The van der Waals surface area contributed by atoms with Crippen molar-refractivity contribution in [3.05, 3.63) is 36.0 Å². The molecular weight excluding hydrogens is 256 g/mol. The van der Waals surface area contributed by atoms with E-state index in [1.54, 1.807) is 6.20 Å². The first-order valence-electron chi connectivity index (χ1n) is 6.73. The Bertz CT molecular complexity index is 618. The second-order valence-corrected chi connectivity index (χ2v) is 4.75. The smallest absolute Gasteiger partial charge is 0.326 e. The lowest BCUT2D eigenvalue weighted by Crippen LogP contribution is -2.40. The fourth-order valence-corrected chi connectivity index (χ4v) is 2.16. The van der Waals surface area contributed by atoms with Gasteiger partial charge in [0.25, 0.3) is 5.91 Å². The number of H-pyrrole nitrogens is 1. The Hall–Kier alpha value is -2.30. The number of carbonyl (C=O) groups excluding carboxylic acids is 1. The second-order valence-electron chi connectivity index (χ2n) is 4.75. The number of carbonyl (C=O) groups is 2. The molecule has 0 bridgehead atoms. The lowest BCUT2D eigenvalue weighted by atomic mass is 10.1. The standard InChI is InChI=1S/C15H18N2O3/c1-2-3-7-13(15(19)20)17-14(18)11-9-16-12-8-5-4-6-10(11)12/h4-6,8-9,13,16H,2-3,7H2,1H3,(H,17,18)(H,19,20)/t13-/m0/s1. The largest absolute Gasteiger partial charge is 0.480 e. The van der Waals surface area contributed by atoms with Crippen LogP contribution in [0.5, 0.6) is 0 Å². The summed E-state index contributed by atoms with van der Waals surface area (Å²) in [5.41, 5.74) is 1.33. The quantitative estimate of drug-likeness (QED) is 0.757. The molecule has 1 aromatic heterocycles. The number of hydrogen-bond donors (Lipinski definition) is 3. The van der Waals surface area contributed by atoms with Gasteiger partial charge in [-0.15, -0.1) is 0 Å². The van der Waals surface area contributed by atoms with Gasteiger partial charge in [0.1, 0.15) is 6.04 Å². The average Bonchev–Trinajstić information content (AvgIpc) is 2.87. The molecule has 0 unspecified atom stereocenters. The van der Waals surface area contributed by atoms with Crippen molar-refractivity contribution in [1.82, 2.24) is 10.3 Å². The zero-order valence-corrected chi connectivity index (χ0v) is 11.3. The fourth-order valence-electron chi connectivity index (χ4n) is 2.16. The summed E-state index contributed by atoms with van der Waals surface area (Å²) in [6.07, 6.45) is 3.72. The predicted octanol–water partition coefficient (Wildman–Crippen LogP) is 2.54. The van der Waals surface area contributed by atoms with Gasteiger partial charge in [-0.25, -0.2) is 4.79 Å². The maximum Gasteiger partial charge on any atom is 0.326 e. The molecule has 1 heterocycles. The van der Waals surface area contributed by atoms with E-state index in [-0.39, 0.29) is 5.91 Å². The molecule has 2 rings (SSSR count). The molecule has 0 spiro atoms. The van der Waals surface area contributed by atoms with Crippen LogP contribution in [0.3, 0.4) is 0 Å². The minimum atomic E-state index is -0.994. The van der Waals surface area contributed by atoms with Crippen LogP contribution >= 0.6 is 0 Å². The van der Waals surface area contributed by atoms with E-state index in [1.807, 2.05) is 31.2 Å². The molecule has 0 fully saturated rings. The molecule has 2 aromatic rings. The van der Waals surface area contributed by atoms with Gasteiger partial charge in [0.15, 0.2) is 0 Å². The van der Waals surface area contributed by atoms with E-state index < -0.39 is 12.0 Å². The van der Waals surface area contributed by atoms with Crippen LogP contribution in [0.25, 0.3) is 10.9 Å². The molecule has 5 nitrogen and oxygen atoms in total. The Kier molecular flexibility index (Phi) is 4.40. The van der Waals surface area contributed by atoms with Gasteiger partial charge in [-0.05, 0) is 12.5 Å². The van der Waals surface area contributed by atoms with Crippen molar-refractivity contribution in [2.24, 2.45) is 0 Å². The van der Waals surface area contributed by atoms with Crippen LogP contribution < -0.4 is 5.32 Å². The summed E-state index contributed by atoms with van der Waals surface area (Å²) in [7, 11) is 0. The minimum Gasteiger partial charge on any atom is -0.480 e. The van der Waals surface area contributed by atoms with E-state index in [2.05, 4.69) is 10.3 Å². The molecule has 106 valence electrons. The highest BCUT2D eigenvalue weighted by atomic mass is 16.4. The zero-order valence-electron chi connectivity index (χ0n) is 11.3. The number of rotatable bonds is 6. The highest BCUT2D eigenvalue weighted by Crippen LogP contribution is 2.17. The number of amides is 1. The Labute approximate surface area is 117 Å². The highest BCUT2D eigenvalue weighted by molar-refractivity contribution is 6.07. The number of aliphatic carboxylic acids is 1. The maximum atomic E-state index is 12.2. The molecular formula is C15H18N2O3. The molecule has 5 heteroatoms. The van der Waals surface area contributed by atoms with Crippen LogP contribution in [0.1, 0.15) is 36.5 Å². The summed E-state index contributed by atoms with van der Waals surface area (Å²) in [5.74, 6) is -1.35. The zero-order chi connectivity index (χ0) is 14.5. The molecule has 3 N–H and O–H groups in total. The van der Waals surface area contributed by atoms with Crippen molar-refractivity contribution in [2.75, 3.05) is 0 Å². The Balaban J connectivity index is 2.16. The van der Waals surface area contributed by atoms with Crippen molar-refractivity contribution in [2.45, 2.75) is 32.2 Å². The number of carboxylic acids is 1. The number of nitrogens with one attached hydrogen (secondary N) is 2. The molecule has 1 atom stereocenters. The normalized spacial score (nSPS) is 12.2. The maximum absolute atomic E-state index is 12.2. The summed E-state index contributed by atoms with van der Waals surface area (Å²) in [4.78, 5) is 26.4. The minimum absolute atomic E-state index is 0.356. The van der Waals surface area contributed by atoms with E-state index in [1.165, 1.54) is 0 Å². The van der Waals surface area contributed by atoms with Crippen molar-refractivity contribution in [3.8, 4) is 0 Å². The first-order chi connectivity index (χ1) is 9.63. The van der Waals surface area contributed by atoms with Crippen molar-refractivity contribution < 1.29 is 14.7 Å². The third-order valence-electron chi connectivity index (χ3n) is 3.28. The summed E-state index contributed by atoms with van der Waals surface area (Å²) >= 11 is 0. The van der Waals surface area contributed by atoms with Gasteiger partial charge >= 0.3 is 5.97 Å². The Morgan fingerprint density at radius 3 is 2.80 bits per heavy atom. The van der Waals surface area contributed by atoms with Gasteiger partial charge in [-0.2, -0.15) is 0 Å². The van der Waals surface area contributed by atoms with Crippen molar-refractivity contribution in [1.29, 1.82) is 0 Å². The summed E-state index contributed by atoms with van der Waals surface area (Å²) in [6.45, 7) is 1.99. The van der Waals surface area contributed by atoms with E-state index in [4.69, 9.17) is 5.11 Å². The molecule has 0 saturated heterocycles. The molecule has 0 saturated carbocycles. The average molecular weight is 274 g/mol. The molecule has 1 amide bonds. The van der Waals surface area contributed by atoms with Gasteiger partial charge in [-0.1, -0.05) is 38.0 Å². The van der Waals surface area contributed by atoms with E-state index in [0.29, 0.717) is 12.0 Å². The van der Waals surface area contributed by atoms with Gasteiger partial charge in [-0.3, -0.25) is 4.79 Å². The topological polar surface area (TPSA) is 82.2 Å². The summed E-state index contributed by atoms with van der Waals surface area (Å²) in [6, 6.07) is 6.59. The molecule has 1 aromatic carbocycles. The number of aromatic amines is 1. The lowest BCUT2D eigenvalue weighted by molar-refractivity contribution is -0.139. The highest BCUT2D eigenvalue weighted by Gasteiger charge is 2.21. The molecule has 0 aliphatic heterocycles. The third-order valence-corrected chi connectivity index (χ3v) is 3.28. The van der Waals surface area contributed by atoms with Crippen LogP contribution in [-0.2, 0) is 4.79 Å². The van der Waals surface area contributed by atoms with Crippen LogP contribution in [-0.4, -0.2) is 28.0 Å². The number of carboxylic acid groups (broad SMARTS) is 1. The molecule has 0 radical (unpaired) electrons. The molecule has 0 aliphatic carbocycles. The molecule has 0 aliphatic rings. The number of fused-ring (bicyclic) bond motifs is 1. The van der Waals surface area contributed by atoms with Crippen LogP contribution in [0.2, 0.25) is 0 Å². The number of hydrogen-bond acceptors (Lipinski definition) is 2.